The van der Waals surface area contributed by atoms with Crippen molar-refractivity contribution in [3.63, 3.8) is 0 Å². The second-order valence-corrected chi connectivity index (χ2v) is 9.00. The Kier molecular flexibility index (Phi) is 8.56. The first-order valence-corrected chi connectivity index (χ1v) is 13.4. The summed E-state index contributed by atoms with van der Waals surface area (Å²) in [7, 11) is 2.37. The first kappa shape index (κ1) is 28.8. The van der Waals surface area contributed by atoms with E-state index in [1.807, 2.05) is 33.8 Å². The predicted molar refractivity (Wildman–Crippen MR) is 145 cm³/mol. The number of ketones is 1. The van der Waals surface area contributed by atoms with Crippen molar-refractivity contribution in [2.75, 3.05) is 47.2 Å². The smallest absolute Gasteiger partial charge is 0.355 e. The van der Waals surface area contributed by atoms with Crippen molar-refractivity contribution in [2.45, 2.75) is 39.7 Å². The maximum absolute atomic E-state index is 14.7. The average molecular weight is 554 g/mol. The fourth-order valence-corrected chi connectivity index (χ4v) is 5.49. The van der Waals surface area contributed by atoms with Crippen LogP contribution in [0, 0.1) is 0 Å². The van der Waals surface area contributed by atoms with Gasteiger partial charge in [-0.1, -0.05) is 6.07 Å². The molecule has 2 heterocycles. The maximum Gasteiger partial charge on any atom is 0.355 e. The number of hydrogen-bond acceptors (Lipinski definition) is 10. The van der Waals surface area contributed by atoms with Crippen LogP contribution in [-0.4, -0.2) is 69.8 Å². The van der Waals surface area contributed by atoms with E-state index in [0.29, 0.717) is 67.0 Å². The van der Waals surface area contributed by atoms with Crippen LogP contribution in [0.2, 0.25) is 0 Å². The number of carbonyl (C=O) groups is 3. The summed E-state index contributed by atoms with van der Waals surface area (Å²) in [6, 6.07) is 8.83. The SMILES string of the molecule is CCOc1ccc(C23C(=O)C(C(=O)OC)=C(C(=O)OC)N2CCc2cc(OCC)c(OCC)cc23)cc1OCC. The Hall–Kier alpha value is -4.21. The fourth-order valence-electron chi connectivity index (χ4n) is 5.49. The number of benzene rings is 2. The molecule has 0 bridgehead atoms. The molecule has 0 fully saturated rings. The van der Waals surface area contributed by atoms with Crippen LogP contribution in [0.1, 0.15) is 44.4 Å². The third-order valence-corrected chi connectivity index (χ3v) is 6.96. The van der Waals surface area contributed by atoms with Crippen molar-refractivity contribution in [3.8, 4) is 23.0 Å². The first-order valence-electron chi connectivity index (χ1n) is 13.4. The van der Waals surface area contributed by atoms with Crippen molar-refractivity contribution in [1.29, 1.82) is 0 Å². The summed E-state index contributed by atoms with van der Waals surface area (Å²) in [5, 5.41) is 0. The molecule has 0 saturated heterocycles. The highest BCUT2D eigenvalue weighted by Crippen LogP contribution is 2.53. The summed E-state index contributed by atoms with van der Waals surface area (Å²) in [6.07, 6.45) is 0.459. The van der Waals surface area contributed by atoms with Crippen LogP contribution in [0.4, 0.5) is 0 Å². The van der Waals surface area contributed by atoms with Crippen LogP contribution in [-0.2, 0) is 35.8 Å². The number of carbonyl (C=O) groups excluding carboxylic acids is 3. The molecule has 10 heteroatoms. The minimum absolute atomic E-state index is 0.149. The Balaban J connectivity index is 2.10. The lowest BCUT2D eigenvalue weighted by Gasteiger charge is -2.45. The van der Waals surface area contributed by atoms with Gasteiger partial charge in [-0.3, -0.25) is 4.79 Å². The molecule has 0 spiro atoms. The zero-order chi connectivity index (χ0) is 29.0. The van der Waals surface area contributed by atoms with Crippen LogP contribution < -0.4 is 18.9 Å². The van der Waals surface area contributed by atoms with Gasteiger partial charge in [-0.15, -0.1) is 0 Å². The molecule has 4 rings (SSSR count). The van der Waals surface area contributed by atoms with Crippen molar-refractivity contribution < 1.29 is 42.8 Å². The molecule has 214 valence electrons. The van der Waals surface area contributed by atoms with Crippen LogP contribution in [0.25, 0.3) is 0 Å². The third kappa shape index (κ3) is 4.51. The van der Waals surface area contributed by atoms with Gasteiger partial charge in [-0.05, 0) is 75.1 Å². The van der Waals surface area contributed by atoms with Gasteiger partial charge in [0, 0.05) is 6.54 Å². The number of fused-ring (bicyclic) bond motifs is 3. The highest BCUT2D eigenvalue weighted by molar-refractivity contribution is 6.28. The summed E-state index contributed by atoms with van der Waals surface area (Å²) in [5.74, 6) is -0.420. The molecule has 2 aliphatic heterocycles. The number of nitrogens with zero attached hydrogens (tertiary/aromatic N) is 1. The molecule has 40 heavy (non-hydrogen) atoms. The lowest BCUT2D eigenvalue weighted by atomic mass is 9.73. The van der Waals surface area contributed by atoms with Gasteiger partial charge in [-0.2, -0.15) is 0 Å². The number of rotatable bonds is 11. The Morgan fingerprint density at radius 3 is 1.90 bits per heavy atom. The molecule has 0 aromatic heterocycles. The molecule has 0 aliphatic carbocycles. The fraction of sp³-hybridized carbons (Fsp3) is 0.433. The Labute approximate surface area is 233 Å². The van der Waals surface area contributed by atoms with Crippen LogP contribution in [0.5, 0.6) is 23.0 Å². The summed E-state index contributed by atoms with van der Waals surface area (Å²) in [4.78, 5) is 42.6. The minimum Gasteiger partial charge on any atom is -0.490 e. The van der Waals surface area contributed by atoms with Gasteiger partial charge >= 0.3 is 11.9 Å². The average Bonchev–Trinajstić information content (AvgIpc) is 3.23. The highest BCUT2D eigenvalue weighted by atomic mass is 16.5. The van der Waals surface area contributed by atoms with E-state index in [1.165, 1.54) is 14.2 Å². The molecular formula is C30H35NO9. The number of ether oxygens (including phenoxy) is 6. The summed E-state index contributed by atoms with van der Waals surface area (Å²) >= 11 is 0. The topological polar surface area (TPSA) is 110 Å². The van der Waals surface area contributed by atoms with Crippen LogP contribution in [0.15, 0.2) is 41.6 Å². The van der Waals surface area contributed by atoms with E-state index >= 15 is 0 Å². The molecule has 0 amide bonds. The van der Waals surface area contributed by atoms with E-state index in [4.69, 9.17) is 28.4 Å². The standard InChI is InChI=1S/C30H35NO9/c1-7-37-21-12-11-19(16-23(21)39-9-3)30-20-17-24(40-10-4)22(38-8-2)15-18(20)13-14-31(30)26(29(34)36-6)25(27(30)32)28(33)35-5/h11-12,15-17H,7-10,13-14H2,1-6H3. The van der Waals surface area contributed by atoms with Crippen LogP contribution >= 0.6 is 0 Å². The lowest BCUT2D eigenvalue weighted by Crippen LogP contribution is -2.52. The lowest BCUT2D eigenvalue weighted by molar-refractivity contribution is -0.140. The summed E-state index contributed by atoms with van der Waals surface area (Å²) in [5.41, 5.74) is -0.281. The second kappa shape index (κ2) is 11.9. The Morgan fingerprint density at radius 1 is 0.775 bits per heavy atom. The molecule has 2 aromatic rings. The highest BCUT2D eigenvalue weighted by Gasteiger charge is 2.61. The van der Waals surface area contributed by atoms with E-state index in [9.17, 15) is 14.4 Å². The van der Waals surface area contributed by atoms with E-state index in [1.54, 1.807) is 29.2 Å². The van der Waals surface area contributed by atoms with Gasteiger partial charge in [0.25, 0.3) is 0 Å². The Morgan fingerprint density at radius 2 is 1.32 bits per heavy atom. The molecule has 1 unspecified atom stereocenters. The predicted octanol–water partition coefficient (Wildman–Crippen LogP) is 3.57. The molecule has 2 aliphatic rings. The molecule has 1 atom stereocenters. The van der Waals surface area contributed by atoms with Gasteiger partial charge in [0.1, 0.15) is 11.3 Å². The van der Waals surface area contributed by atoms with Gasteiger partial charge in [-0.25, -0.2) is 9.59 Å². The van der Waals surface area contributed by atoms with Gasteiger partial charge in [0.05, 0.1) is 40.6 Å². The molecule has 10 nitrogen and oxygen atoms in total. The molecule has 2 aromatic carbocycles. The van der Waals surface area contributed by atoms with E-state index < -0.39 is 23.3 Å². The molecule has 0 radical (unpaired) electrons. The summed E-state index contributed by atoms with van der Waals surface area (Å²) < 4.78 is 33.5. The minimum atomic E-state index is -1.62. The van der Waals surface area contributed by atoms with Crippen molar-refractivity contribution in [1.82, 2.24) is 4.90 Å². The van der Waals surface area contributed by atoms with E-state index in [2.05, 4.69) is 0 Å². The number of Topliss-reactive ketones (excluding diaryl/α,β-unsaturated/α-hetero) is 1. The number of methoxy groups -OCH3 is 2. The zero-order valence-corrected chi connectivity index (χ0v) is 23.8. The molecule has 0 N–H and O–H groups in total. The van der Waals surface area contributed by atoms with Gasteiger partial charge < -0.3 is 33.3 Å². The molecular weight excluding hydrogens is 518 g/mol. The van der Waals surface area contributed by atoms with Crippen molar-refractivity contribution >= 4 is 17.7 Å². The van der Waals surface area contributed by atoms with Gasteiger partial charge in [0.2, 0.25) is 5.78 Å². The van der Waals surface area contributed by atoms with E-state index in [0.717, 1.165) is 5.56 Å². The first-order chi connectivity index (χ1) is 19.3. The summed E-state index contributed by atoms with van der Waals surface area (Å²) in [6.45, 7) is 9.23. The zero-order valence-electron chi connectivity index (χ0n) is 23.8. The Bertz CT molecular complexity index is 1350. The van der Waals surface area contributed by atoms with E-state index in [-0.39, 0.29) is 17.8 Å². The number of esters is 2. The normalized spacial score (nSPS) is 17.6. The number of hydrogen-bond donors (Lipinski definition) is 0. The molecule has 0 saturated carbocycles. The van der Waals surface area contributed by atoms with Crippen molar-refractivity contribution in [2.24, 2.45) is 0 Å². The second-order valence-electron chi connectivity index (χ2n) is 9.00. The van der Waals surface area contributed by atoms with Crippen LogP contribution in [0.3, 0.4) is 0 Å². The third-order valence-electron chi connectivity index (χ3n) is 6.96. The maximum atomic E-state index is 14.7. The monoisotopic (exact) mass is 553 g/mol. The largest absolute Gasteiger partial charge is 0.490 e. The van der Waals surface area contributed by atoms with Gasteiger partial charge in [0.15, 0.2) is 28.5 Å². The van der Waals surface area contributed by atoms with Crippen molar-refractivity contribution in [3.05, 3.63) is 58.3 Å². The quantitative estimate of drug-likeness (QED) is 0.303.